The van der Waals surface area contributed by atoms with Crippen LogP contribution in [0.3, 0.4) is 0 Å². The number of hydrogen-bond acceptors (Lipinski definition) is 5. The average molecular weight is 317 g/mol. The molecule has 3 heterocycles. The van der Waals surface area contributed by atoms with E-state index in [1.807, 2.05) is 26.0 Å². The Morgan fingerprint density at radius 2 is 2.13 bits per heavy atom. The van der Waals surface area contributed by atoms with Gasteiger partial charge in [0.15, 0.2) is 0 Å². The third-order valence-corrected chi connectivity index (χ3v) is 3.83. The zero-order valence-corrected chi connectivity index (χ0v) is 13.4. The number of amides is 1. The average Bonchev–Trinajstić information content (AvgIpc) is 2.79. The second-order valence-corrected chi connectivity index (χ2v) is 5.40. The van der Waals surface area contributed by atoms with E-state index in [0.29, 0.717) is 37.1 Å². The van der Waals surface area contributed by atoms with Crippen LogP contribution in [0, 0.1) is 13.8 Å². The maximum atomic E-state index is 12.6. The zero-order chi connectivity index (χ0) is 16.6. The van der Waals surface area contributed by atoms with Crippen molar-refractivity contribution in [1.29, 1.82) is 0 Å². The van der Waals surface area contributed by atoms with Crippen LogP contribution in [0.2, 0.25) is 0 Å². The van der Waals surface area contributed by atoms with Crippen molar-refractivity contribution < 1.29 is 9.53 Å². The van der Waals surface area contributed by atoms with Gasteiger partial charge in [0.1, 0.15) is 24.7 Å². The Bertz CT molecular complexity index is 808. The topological polar surface area (TPSA) is 82.2 Å². The van der Waals surface area contributed by atoms with E-state index >= 15 is 0 Å². The van der Waals surface area contributed by atoms with Gasteiger partial charge >= 0.3 is 5.69 Å². The normalized spacial score (nSPS) is 13.6. The summed E-state index contributed by atoms with van der Waals surface area (Å²) in [5.41, 5.74) is 1.19. The van der Waals surface area contributed by atoms with Crippen LogP contribution in [0.4, 0.5) is 5.69 Å². The molecule has 1 aliphatic rings. The summed E-state index contributed by atoms with van der Waals surface area (Å²) in [6.45, 7) is 6.73. The Hall–Kier alpha value is -2.64. The van der Waals surface area contributed by atoms with Gasteiger partial charge in [-0.15, -0.1) is 0 Å². The third kappa shape index (κ3) is 2.71. The van der Waals surface area contributed by atoms with E-state index in [4.69, 9.17) is 4.74 Å². The lowest BCUT2D eigenvalue weighted by molar-refractivity contribution is -0.119. The molecule has 23 heavy (non-hydrogen) atoms. The van der Waals surface area contributed by atoms with Crippen molar-refractivity contribution in [3.63, 3.8) is 0 Å². The maximum Gasteiger partial charge on any atom is 0.346 e. The smallest absolute Gasteiger partial charge is 0.346 e. The molecule has 0 radical (unpaired) electrons. The minimum absolute atomic E-state index is 0.0972. The summed E-state index contributed by atoms with van der Waals surface area (Å²) in [4.78, 5) is 30.7. The van der Waals surface area contributed by atoms with Gasteiger partial charge in [-0.2, -0.15) is 5.10 Å². The molecule has 1 aliphatic heterocycles. The number of nitrogens with zero attached hydrogens (tertiary/aromatic N) is 5. The molecule has 0 aliphatic carbocycles. The van der Waals surface area contributed by atoms with Gasteiger partial charge in [-0.3, -0.25) is 9.36 Å². The van der Waals surface area contributed by atoms with Gasteiger partial charge in [-0.25, -0.2) is 14.5 Å². The van der Waals surface area contributed by atoms with Crippen molar-refractivity contribution in [2.75, 3.05) is 18.1 Å². The van der Waals surface area contributed by atoms with Crippen molar-refractivity contribution >= 4 is 11.6 Å². The van der Waals surface area contributed by atoms with Crippen molar-refractivity contribution in [1.82, 2.24) is 19.3 Å². The molecule has 2 aromatic heterocycles. The Morgan fingerprint density at radius 1 is 1.35 bits per heavy atom. The highest BCUT2D eigenvalue weighted by atomic mass is 16.5. The van der Waals surface area contributed by atoms with Crippen molar-refractivity contribution in [3.05, 3.63) is 34.1 Å². The summed E-state index contributed by atoms with van der Waals surface area (Å²) < 4.78 is 8.25. The molecule has 1 amide bonds. The zero-order valence-electron chi connectivity index (χ0n) is 13.4. The lowest BCUT2D eigenvalue weighted by Crippen LogP contribution is -2.42. The van der Waals surface area contributed by atoms with Gasteiger partial charge in [-0.1, -0.05) is 0 Å². The van der Waals surface area contributed by atoms with Crippen LogP contribution in [0.15, 0.2) is 16.9 Å². The molecule has 0 atom stereocenters. The Labute approximate surface area is 133 Å². The van der Waals surface area contributed by atoms with Crippen LogP contribution in [0.25, 0.3) is 0 Å². The molecule has 0 unspecified atom stereocenters. The lowest BCUT2D eigenvalue weighted by atomic mass is 10.2. The SMILES string of the molecule is CCn1c(C)nn(CC(=O)N2CCOc3nc(C)ccc32)c1=O. The van der Waals surface area contributed by atoms with E-state index < -0.39 is 0 Å². The number of carbonyl (C=O) groups excluding carboxylic acids is 1. The van der Waals surface area contributed by atoms with Gasteiger partial charge in [0.2, 0.25) is 11.8 Å². The number of aromatic nitrogens is 4. The highest BCUT2D eigenvalue weighted by Gasteiger charge is 2.26. The second kappa shape index (κ2) is 5.86. The first-order valence-corrected chi connectivity index (χ1v) is 7.56. The van der Waals surface area contributed by atoms with E-state index in [9.17, 15) is 9.59 Å². The second-order valence-electron chi connectivity index (χ2n) is 5.40. The molecule has 0 fully saturated rings. The maximum absolute atomic E-state index is 12.6. The fraction of sp³-hybridized carbons (Fsp3) is 0.467. The van der Waals surface area contributed by atoms with Crippen molar-refractivity contribution in [2.24, 2.45) is 0 Å². The standard InChI is InChI=1S/C15H19N5O3/c1-4-18-11(3)17-20(15(18)22)9-13(21)19-7-8-23-14-12(19)6-5-10(2)16-14/h5-6H,4,7-9H2,1-3H3. The summed E-state index contributed by atoms with van der Waals surface area (Å²) >= 11 is 0. The number of hydrogen-bond donors (Lipinski definition) is 0. The molecular weight excluding hydrogens is 298 g/mol. The number of carbonyl (C=O) groups is 1. The summed E-state index contributed by atoms with van der Waals surface area (Å²) in [5, 5.41) is 4.16. The molecule has 0 saturated carbocycles. The number of fused-ring (bicyclic) bond motifs is 1. The fourth-order valence-corrected chi connectivity index (χ4v) is 2.68. The predicted molar refractivity (Wildman–Crippen MR) is 83.7 cm³/mol. The highest BCUT2D eigenvalue weighted by Crippen LogP contribution is 2.29. The van der Waals surface area contributed by atoms with E-state index in [2.05, 4.69) is 10.1 Å². The molecule has 0 aromatic carbocycles. The monoisotopic (exact) mass is 317 g/mol. The Kier molecular flexibility index (Phi) is 3.89. The van der Waals surface area contributed by atoms with E-state index in [1.54, 1.807) is 11.8 Å². The number of aryl methyl sites for hydroxylation is 2. The van der Waals surface area contributed by atoms with E-state index in [0.717, 1.165) is 5.69 Å². The molecule has 0 spiro atoms. The van der Waals surface area contributed by atoms with Crippen LogP contribution in [0.1, 0.15) is 18.4 Å². The number of pyridine rings is 1. The van der Waals surface area contributed by atoms with Gasteiger partial charge in [0, 0.05) is 12.2 Å². The van der Waals surface area contributed by atoms with Gasteiger partial charge in [-0.05, 0) is 32.9 Å². The van der Waals surface area contributed by atoms with Crippen molar-refractivity contribution in [2.45, 2.75) is 33.9 Å². The Morgan fingerprint density at radius 3 is 2.83 bits per heavy atom. The molecule has 0 saturated heterocycles. The predicted octanol–water partition coefficient (Wildman–Crippen LogP) is 0.502. The highest BCUT2D eigenvalue weighted by molar-refractivity contribution is 5.94. The van der Waals surface area contributed by atoms with Gasteiger partial charge < -0.3 is 9.64 Å². The molecule has 0 bridgehead atoms. The third-order valence-electron chi connectivity index (χ3n) is 3.83. The van der Waals surface area contributed by atoms with Gasteiger partial charge in [0.05, 0.1) is 6.54 Å². The summed E-state index contributed by atoms with van der Waals surface area (Å²) in [6.07, 6.45) is 0. The largest absolute Gasteiger partial charge is 0.474 e. The van der Waals surface area contributed by atoms with Crippen molar-refractivity contribution in [3.8, 4) is 5.88 Å². The van der Waals surface area contributed by atoms with Crippen LogP contribution < -0.4 is 15.3 Å². The summed E-state index contributed by atoms with van der Waals surface area (Å²) in [5.74, 6) is 0.847. The van der Waals surface area contributed by atoms with E-state index in [-0.39, 0.29) is 18.1 Å². The van der Waals surface area contributed by atoms with Gasteiger partial charge in [0.25, 0.3) is 0 Å². The Balaban J connectivity index is 1.87. The molecular formula is C15H19N5O3. The first kappa shape index (κ1) is 15.3. The first-order chi connectivity index (χ1) is 11.0. The molecule has 8 heteroatoms. The number of ether oxygens (including phenoxy) is 1. The number of anilines is 1. The fourth-order valence-electron chi connectivity index (χ4n) is 2.68. The van der Waals surface area contributed by atoms with Crippen LogP contribution in [-0.4, -0.2) is 38.4 Å². The van der Waals surface area contributed by atoms with Crippen LogP contribution in [0.5, 0.6) is 5.88 Å². The minimum atomic E-state index is -0.270. The quantitative estimate of drug-likeness (QED) is 0.823. The molecule has 8 nitrogen and oxygen atoms in total. The molecule has 0 N–H and O–H groups in total. The van der Waals surface area contributed by atoms with Crippen LogP contribution >= 0.6 is 0 Å². The summed E-state index contributed by atoms with van der Waals surface area (Å²) in [6, 6.07) is 3.64. The minimum Gasteiger partial charge on any atom is -0.474 e. The summed E-state index contributed by atoms with van der Waals surface area (Å²) in [7, 11) is 0. The van der Waals surface area contributed by atoms with Crippen LogP contribution in [-0.2, 0) is 17.9 Å². The van der Waals surface area contributed by atoms with E-state index in [1.165, 1.54) is 9.25 Å². The molecule has 122 valence electrons. The molecule has 2 aromatic rings. The molecule has 3 rings (SSSR count). The number of rotatable bonds is 3. The lowest BCUT2D eigenvalue weighted by Gasteiger charge is -2.28. The first-order valence-electron chi connectivity index (χ1n) is 7.56.